The van der Waals surface area contributed by atoms with E-state index in [9.17, 15) is 4.79 Å². The van der Waals surface area contributed by atoms with E-state index in [0.717, 1.165) is 10.0 Å². The first-order chi connectivity index (χ1) is 8.82. The zero-order chi connectivity index (χ0) is 14.6. The highest BCUT2D eigenvalue weighted by Crippen LogP contribution is 2.17. The lowest BCUT2D eigenvalue weighted by Crippen LogP contribution is -2.41. The van der Waals surface area contributed by atoms with Crippen molar-refractivity contribution in [2.45, 2.75) is 20.4 Å². The molecule has 0 heterocycles. The lowest BCUT2D eigenvalue weighted by Gasteiger charge is -2.25. The van der Waals surface area contributed by atoms with Crippen LogP contribution in [0.3, 0.4) is 0 Å². The maximum Gasteiger partial charge on any atom is 0.232 e. The molecule has 1 rings (SSSR count). The van der Waals surface area contributed by atoms with E-state index in [1.165, 1.54) is 0 Å². The van der Waals surface area contributed by atoms with Gasteiger partial charge in [0, 0.05) is 18.1 Å². The SMILES string of the molecule is CC(C)C(C(=O)N(C)Cc1ccc(Br)cc1)C(N)=S. The van der Waals surface area contributed by atoms with Crippen LogP contribution < -0.4 is 5.73 Å². The summed E-state index contributed by atoms with van der Waals surface area (Å²) >= 11 is 8.38. The molecule has 0 aliphatic rings. The molecule has 2 N–H and O–H groups in total. The van der Waals surface area contributed by atoms with Gasteiger partial charge in [0.1, 0.15) is 0 Å². The Morgan fingerprint density at radius 2 is 1.89 bits per heavy atom. The van der Waals surface area contributed by atoms with Gasteiger partial charge in [-0.25, -0.2) is 0 Å². The van der Waals surface area contributed by atoms with Gasteiger partial charge in [0.15, 0.2) is 0 Å². The van der Waals surface area contributed by atoms with Gasteiger partial charge < -0.3 is 10.6 Å². The molecule has 0 fully saturated rings. The number of hydrogen-bond donors (Lipinski definition) is 1. The Labute approximate surface area is 128 Å². The summed E-state index contributed by atoms with van der Waals surface area (Å²) in [6, 6.07) is 7.89. The van der Waals surface area contributed by atoms with Gasteiger partial charge in [-0.2, -0.15) is 0 Å². The molecule has 0 radical (unpaired) electrons. The molecule has 0 aliphatic carbocycles. The number of amides is 1. The van der Waals surface area contributed by atoms with Crippen molar-refractivity contribution in [3.63, 3.8) is 0 Å². The fourth-order valence-electron chi connectivity index (χ4n) is 1.91. The van der Waals surface area contributed by atoms with Crippen LogP contribution in [0.25, 0.3) is 0 Å². The van der Waals surface area contributed by atoms with Crippen LogP contribution in [-0.4, -0.2) is 22.8 Å². The summed E-state index contributed by atoms with van der Waals surface area (Å²) in [4.78, 5) is 14.3. The van der Waals surface area contributed by atoms with E-state index < -0.39 is 5.92 Å². The molecular weight excluding hydrogens is 324 g/mol. The van der Waals surface area contributed by atoms with Gasteiger partial charge in [0.2, 0.25) is 5.91 Å². The molecule has 1 atom stereocenters. The number of thiocarbonyl (C=S) groups is 1. The number of halogens is 1. The van der Waals surface area contributed by atoms with Crippen molar-refractivity contribution in [2.24, 2.45) is 17.6 Å². The third-order valence-electron chi connectivity index (χ3n) is 2.95. The molecule has 1 amide bonds. The molecule has 0 saturated carbocycles. The van der Waals surface area contributed by atoms with Crippen molar-refractivity contribution >= 4 is 39.0 Å². The molecule has 5 heteroatoms. The normalized spacial score (nSPS) is 12.3. The average Bonchev–Trinajstić information content (AvgIpc) is 2.31. The highest BCUT2D eigenvalue weighted by atomic mass is 79.9. The zero-order valence-electron chi connectivity index (χ0n) is 11.4. The third-order valence-corrected chi connectivity index (χ3v) is 3.73. The zero-order valence-corrected chi connectivity index (χ0v) is 13.8. The second-order valence-electron chi connectivity index (χ2n) is 4.94. The van der Waals surface area contributed by atoms with Gasteiger partial charge in [-0.1, -0.05) is 54.1 Å². The monoisotopic (exact) mass is 342 g/mol. The maximum atomic E-state index is 12.3. The first-order valence-corrected chi connectivity index (χ1v) is 7.31. The highest BCUT2D eigenvalue weighted by molar-refractivity contribution is 9.10. The van der Waals surface area contributed by atoms with E-state index in [1.807, 2.05) is 38.1 Å². The second-order valence-corrected chi connectivity index (χ2v) is 6.33. The molecule has 1 aromatic rings. The van der Waals surface area contributed by atoms with Crippen molar-refractivity contribution in [3.8, 4) is 0 Å². The number of hydrogen-bond acceptors (Lipinski definition) is 2. The summed E-state index contributed by atoms with van der Waals surface area (Å²) < 4.78 is 1.02. The topological polar surface area (TPSA) is 46.3 Å². The largest absolute Gasteiger partial charge is 0.393 e. The van der Waals surface area contributed by atoms with E-state index >= 15 is 0 Å². The first kappa shape index (κ1) is 16.1. The van der Waals surface area contributed by atoms with Crippen molar-refractivity contribution < 1.29 is 4.79 Å². The maximum absolute atomic E-state index is 12.3. The third kappa shape index (κ3) is 4.58. The number of rotatable bonds is 5. The van der Waals surface area contributed by atoms with Crippen molar-refractivity contribution in [1.29, 1.82) is 0 Å². The Morgan fingerprint density at radius 3 is 2.32 bits per heavy atom. The summed E-state index contributed by atoms with van der Waals surface area (Å²) in [5, 5.41) is 0. The van der Waals surface area contributed by atoms with Gasteiger partial charge >= 0.3 is 0 Å². The van der Waals surface area contributed by atoms with Gasteiger partial charge in [-0.15, -0.1) is 0 Å². The van der Waals surface area contributed by atoms with Gasteiger partial charge in [-0.3, -0.25) is 4.79 Å². The molecule has 0 saturated heterocycles. The van der Waals surface area contributed by atoms with Crippen LogP contribution in [0.5, 0.6) is 0 Å². The van der Waals surface area contributed by atoms with Gasteiger partial charge in [-0.05, 0) is 23.6 Å². The van der Waals surface area contributed by atoms with Gasteiger partial charge in [0.25, 0.3) is 0 Å². The fraction of sp³-hybridized carbons (Fsp3) is 0.429. The molecule has 104 valence electrons. The van der Waals surface area contributed by atoms with Crippen molar-refractivity contribution in [1.82, 2.24) is 4.90 Å². The Morgan fingerprint density at radius 1 is 1.37 bits per heavy atom. The summed E-state index contributed by atoms with van der Waals surface area (Å²) in [5.74, 6) is -0.307. The highest BCUT2D eigenvalue weighted by Gasteiger charge is 2.27. The molecule has 1 aromatic carbocycles. The minimum absolute atomic E-state index is 0.0228. The standard InChI is InChI=1S/C14H19BrN2OS/c1-9(2)12(13(16)19)14(18)17(3)8-10-4-6-11(15)7-5-10/h4-7,9,12H,8H2,1-3H3,(H2,16,19). The number of carbonyl (C=O) groups excluding carboxylic acids is 1. The van der Waals surface area contributed by atoms with Crippen LogP contribution in [0.15, 0.2) is 28.7 Å². The Kier molecular flexibility index (Phi) is 5.94. The molecule has 19 heavy (non-hydrogen) atoms. The lowest BCUT2D eigenvalue weighted by molar-refractivity contribution is -0.133. The summed E-state index contributed by atoms with van der Waals surface area (Å²) in [6.07, 6.45) is 0. The molecule has 0 aliphatic heterocycles. The quantitative estimate of drug-likeness (QED) is 0.836. The second kappa shape index (κ2) is 7.01. The molecule has 0 aromatic heterocycles. The van der Waals surface area contributed by atoms with Crippen LogP contribution >= 0.6 is 28.1 Å². The van der Waals surface area contributed by atoms with Crippen LogP contribution in [0, 0.1) is 11.8 Å². The van der Waals surface area contributed by atoms with E-state index in [-0.39, 0.29) is 16.8 Å². The minimum Gasteiger partial charge on any atom is -0.393 e. The summed E-state index contributed by atoms with van der Waals surface area (Å²) in [5.41, 5.74) is 6.74. The number of nitrogens with two attached hydrogens (primary N) is 1. The summed E-state index contributed by atoms with van der Waals surface area (Å²) in [7, 11) is 1.78. The molecule has 0 bridgehead atoms. The number of benzene rings is 1. The van der Waals surface area contributed by atoms with Gasteiger partial charge in [0.05, 0.1) is 10.9 Å². The predicted octanol–water partition coefficient (Wildman–Crippen LogP) is 2.97. The fourth-order valence-corrected chi connectivity index (χ4v) is 2.55. The Hall–Kier alpha value is -0.940. The van der Waals surface area contributed by atoms with Crippen LogP contribution in [0.2, 0.25) is 0 Å². The smallest absolute Gasteiger partial charge is 0.232 e. The van der Waals surface area contributed by atoms with E-state index in [2.05, 4.69) is 15.9 Å². The molecule has 0 spiro atoms. The van der Waals surface area contributed by atoms with Crippen molar-refractivity contribution in [3.05, 3.63) is 34.3 Å². The van der Waals surface area contributed by atoms with E-state index in [4.69, 9.17) is 18.0 Å². The van der Waals surface area contributed by atoms with Crippen LogP contribution in [0.4, 0.5) is 0 Å². The molecule has 3 nitrogen and oxygen atoms in total. The predicted molar refractivity (Wildman–Crippen MR) is 85.7 cm³/mol. The molecular formula is C14H19BrN2OS. The average molecular weight is 343 g/mol. The van der Waals surface area contributed by atoms with Crippen LogP contribution in [0.1, 0.15) is 19.4 Å². The molecule has 1 unspecified atom stereocenters. The van der Waals surface area contributed by atoms with E-state index in [1.54, 1.807) is 11.9 Å². The minimum atomic E-state index is -0.393. The Balaban J connectivity index is 2.76. The van der Waals surface area contributed by atoms with Crippen LogP contribution in [-0.2, 0) is 11.3 Å². The van der Waals surface area contributed by atoms with E-state index in [0.29, 0.717) is 6.54 Å². The number of nitrogens with zero attached hydrogens (tertiary/aromatic N) is 1. The number of carbonyl (C=O) groups is 1. The van der Waals surface area contributed by atoms with Crippen molar-refractivity contribution in [2.75, 3.05) is 7.05 Å². The Bertz CT molecular complexity index is 459. The summed E-state index contributed by atoms with van der Waals surface area (Å²) in [6.45, 7) is 4.46. The first-order valence-electron chi connectivity index (χ1n) is 6.11. The lowest BCUT2D eigenvalue weighted by atomic mass is 9.94.